The number of aryl methyl sites for hydroxylation is 1. The summed E-state index contributed by atoms with van der Waals surface area (Å²) in [5, 5.41) is 4.87. The van der Waals surface area contributed by atoms with Gasteiger partial charge in [-0.15, -0.1) is 0 Å². The number of hydrogen-bond acceptors (Lipinski definition) is 3. The lowest BCUT2D eigenvalue weighted by Crippen LogP contribution is -2.42. The predicted molar refractivity (Wildman–Crippen MR) is 60.7 cm³/mol. The van der Waals surface area contributed by atoms with Gasteiger partial charge in [0, 0.05) is 26.2 Å². The highest BCUT2D eigenvalue weighted by molar-refractivity contribution is 6.31. The highest BCUT2D eigenvalue weighted by Crippen LogP contribution is 2.18. The third kappa shape index (κ3) is 2.51. The van der Waals surface area contributed by atoms with Gasteiger partial charge >= 0.3 is 0 Å². The monoisotopic (exact) mass is 228 g/mol. The molecule has 2 N–H and O–H groups in total. The van der Waals surface area contributed by atoms with Crippen LogP contribution in [0.3, 0.4) is 0 Å². The second-order valence-corrected chi connectivity index (χ2v) is 4.61. The maximum Gasteiger partial charge on any atom is 0.0831 e. The molecule has 1 aromatic heterocycles. The number of halogens is 1. The molecule has 1 aliphatic heterocycles. The number of nitrogens with zero attached hydrogens (tertiary/aromatic N) is 3. The van der Waals surface area contributed by atoms with Crippen LogP contribution in [-0.2, 0) is 13.6 Å². The summed E-state index contributed by atoms with van der Waals surface area (Å²) in [6.07, 6.45) is 4.01. The van der Waals surface area contributed by atoms with Crippen molar-refractivity contribution >= 4 is 11.6 Å². The standard InChI is InChI=1S/C10H17ClN4/c1-14-10(9(11)5-13-14)7-15-4-2-3-8(12)6-15/h5,8H,2-4,6-7,12H2,1H3. The van der Waals surface area contributed by atoms with Crippen LogP contribution in [0.25, 0.3) is 0 Å². The first-order chi connectivity index (χ1) is 7.16. The third-order valence-corrected chi connectivity index (χ3v) is 3.24. The molecule has 1 atom stereocenters. The summed E-state index contributed by atoms with van der Waals surface area (Å²) in [5.41, 5.74) is 7.01. The zero-order valence-corrected chi connectivity index (χ0v) is 9.74. The smallest absolute Gasteiger partial charge is 0.0831 e. The molecule has 15 heavy (non-hydrogen) atoms. The largest absolute Gasteiger partial charge is 0.327 e. The lowest BCUT2D eigenvalue weighted by molar-refractivity contribution is 0.197. The van der Waals surface area contributed by atoms with Crippen LogP contribution in [0.15, 0.2) is 6.20 Å². The van der Waals surface area contributed by atoms with Crippen molar-refractivity contribution in [1.82, 2.24) is 14.7 Å². The van der Waals surface area contributed by atoms with Crippen LogP contribution in [0.2, 0.25) is 5.02 Å². The lowest BCUT2D eigenvalue weighted by atomic mass is 10.1. The topological polar surface area (TPSA) is 47.1 Å². The maximum absolute atomic E-state index is 6.06. The molecule has 0 spiro atoms. The van der Waals surface area contributed by atoms with Gasteiger partial charge in [0.05, 0.1) is 16.9 Å². The molecule has 1 aliphatic rings. The van der Waals surface area contributed by atoms with Crippen molar-refractivity contribution in [2.45, 2.75) is 25.4 Å². The van der Waals surface area contributed by atoms with Crippen molar-refractivity contribution in [3.05, 3.63) is 16.9 Å². The van der Waals surface area contributed by atoms with E-state index >= 15 is 0 Å². The van der Waals surface area contributed by atoms with E-state index in [9.17, 15) is 0 Å². The molecule has 1 unspecified atom stereocenters. The summed E-state index contributed by atoms with van der Waals surface area (Å²) in [4.78, 5) is 2.34. The molecule has 0 aliphatic carbocycles. The predicted octanol–water partition coefficient (Wildman–Crippen LogP) is 0.997. The van der Waals surface area contributed by atoms with E-state index in [4.69, 9.17) is 17.3 Å². The van der Waals surface area contributed by atoms with E-state index in [1.54, 1.807) is 6.20 Å². The minimum atomic E-state index is 0.311. The zero-order chi connectivity index (χ0) is 10.8. The van der Waals surface area contributed by atoms with E-state index in [0.29, 0.717) is 6.04 Å². The van der Waals surface area contributed by atoms with Gasteiger partial charge in [-0.2, -0.15) is 5.10 Å². The summed E-state index contributed by atoms with van der Waals surface area (Å²) >= 11 is 6.06. The fraction of sp³-hybridized carbons (Fsp3) is 0.700. The highest BCUT2D eigenvalue weighted by Gasteiger charge is 2.18. The first kappa shape index (κ1) is 10.9. The van der Waals surface area contributed by atoms with E-state index < -0.39 is 0 Å². The van der Waals surface area contributed by atoms with Crippen molar-refractivity contribution in [1.29, 1.82) is 0 Å². The summed E-state index contributed by atoms with van der Waals surface area (Å²) in [5.74, 6) is 0. The Balaban J connectivity index is 2.02. The summed E-state index contributed by atoms with van der Waals surface area (Å²) < 4.78 is 1.84. The number of piperidine rings is 1. The summed E-state index contributed by atoms with van der Waals surface area (Å²) in [6, 6.07) is 0.311. The van der Waals surface area contributed by atoms with Gasteiger partial charge in [0.25, 0.3) is 0 Å². The number of hydrogen-bond donors (Lipinski definition) is 1. The van der Waals surface area contributed by atoms with E-state index in [1.165, 1.54) is 6.42 Å². The number of likely N-dealkylation sites (tertiary alicyclic amines) is 1. The Morgan fingerprint density at radius 1 is 1.67 bits per heavy atom. The molecule has 0 radical (unpaired) electrons. The first-order valence-electron chi connectivity index (χ1n) is 5.31. The normalized spacial score (nSPS) is 23.3. The van der Waals surface area contributed by atoms with E-state index in [0.717, 1.165) is 36.8 Å². The fourth-order valence-electron chi connectivity index (χ4n) is 2.06. The molecular formula is C10H17ClN4. The Hall–Kier alpha value is -0.580. The Kier molecular flexibility index (Phi) is 3.29. The second kappa shape index (κ2) is 4.51. The number of nitrogens with two attached hydrogens (primary N) is 1. The zero-order valence-electron chi connectivity index (χ0n) is 8.99. The average Bonchev–Trinajstić information content (AvgIpc) is 2.50. The van der Waals surface area contributed by atoms with Crippen molar-refractivity contribution in [3.8, 4) is 0 Å². The molecule has 0 bridgehead atoms. The Morgan fingerprint density at radius 2 is 2.47 bits per heavy atom. The lowest BCUT2D eigenvalue weighted by Gasteiger charge is -2.30. The Bertz CT molecular complexity index is 317. The van der Waals surface area contributed by atoms with Gasteiger partial charge in [0.15, 0.2) is 0 Å². The van der Waals surface area contributed by atoms with Gasteiger partial charge in [0.2, 0.25) is 0 Å². The first-order valence-corrected chi connectivity index (χ1v) is 5.69. The summed E-state index contributed by atoms with van der Waals surface area (Å²) in [7, 11) is 1.92. The van der Waals surface area contributed by atoms with Crippen LogP contribution in [-0.4, -0.2) is 33.8 Å². The Morgan fingerprint density at radius 3 is 3.07 bits per heavy atom. The van der Waals surface area contributed by atoms with Gasteiger partial charge in [-0.1, -0.05) is 11.6 Å². The fourth-order valence-corrected chi connectivity index (χ4v) is 2.29. The molecule has 1 aromatic rings. The number of rotatable bonds is 2. The number of aromatic nitrogens is 2. The minimum absolute atomic E-state index is 0.311. The molecule has 0 saturated carbocycles. The quantitative estimate of drug-likeness (QED) is 0.822. The van der Waals surface area contributed by atoms with Gasteiger partial charge in [0.1, 0.15) is 0 Å². The summed E-state index contributed by atoms with van der Waals surface area (Å²) in [6.45, 7) is 2.92. The van der Waals surface area contributed by atoms with Crippen molar-refractivity contribution in [2.75, 3.05) is 13.1 Å². The molecule has 84 valence electrons. The van der Waals surface area contributed by atoms with Gasteiger partial charge in [-0.3, -0.25) is 9.58 Å². The third-order valence-electron chi connectivity index (χ3n) is 2.93. The molecular weight excluding hydrogens is 212 g/mol. The van der Waals surface area contributed by atoms with E-state index in [2.05, 4.69) is 10.00 Å². The van der Waals surface area contributed by atoms with Crippen LogP contribution >= 0.6 is 11.6 Å². The molecule has 2 rings (SSSR count). The van der Waals surface area contributed by atoms with Crippen molar-refractivity contribution in [2.24, 2.45) is 12.8 Å². The molecule has 4 nitrogen and oxygen atoms in total. The second-order valence-electron chi connectivity index (χ2n) is 4.20. The molecule has 0 aromatic carbocycles. The molecule has 5 heteroatoms. The van der Waals surface area contributed by atoms with Crippen LogP contribution in [0.1, 0.15) is 18.5 Å². The van der Waals surface area contributed by atoms with Crippen LogP contribution in [0.5, 0.6) is 0 Å². The van der Waals surface area contributed by atoms with Crippen LogP contribution in [0.4, 0.5) is 0 Å². The van der Waals surface area contributed by atoms with Gasteiger partial charge in [-0.05, 0) is 19.4 Å². The SMILES string of the molecule is Cn1ncc(Cl)c1CN1CCCC(N)C1. The van der Waals surface area contributed by atoms with Crippen molar-refractivity contribution < 1.29 is 0 Å². The Labute approximate surface area is 95.0 Å². The molecule has 0 amide bonds. The average molecular weight is 229 g/mol. The van der Waals surface area contributed by atoms with E-state index in [-0.39, 0.29) is 0 Å². The molecule has 1 saturated heterocycles. The van der Waals surface area contributed by atoms with E-state index in [1.807, 2.05) is 11.7 Å². The van der Waals surface area contributed by atoms with Crippen LogP contribution in [0, 0.1) is 0 Å². The molecule has 2 heterocycles. The van der Waals surface area contributed by atoms with Crippen molar-refractivity contribution in [3.63, 3.8) is 0 Å². The maximum atomic E-state index is 6.06. The highest BCUT2D eigenvalue weighted by atomic mass is 35.5. The molecule has 1 fully saturated rings. The van der Waals surface area contributed by atoms with Gasteiger partial charge in [-0.25, -0.2) is 0 Å². The van der Waals surface area contributed by atoms with Gasteiger partial charge < -0.3 is 5.73 Å². The minimum Gasteiger partial charge on any atom is -0.327 e. The van der Waals surface area contributed by atoms with Crippen LogP contribution < -0.4 is 5.73 Å².